The maximum Gasteiger partial charge on any atom is 0.263 e. The Labute approximate surface area is 199 Å². The van der Waals surface area contributed by atoms with Crippen molar-refractivity contribution in [2.45, 2.75) is 49.6 Å². The molecule has 1 fully saturated rings. The molecule has 0 spiro atoms. The van der Waals surface area contributed by atoms with Gasteiger partial charge >= 0.3 is 0 Å². The first kappa shape index (κ1) is 22.1. The van der Waals surface area contributed by atoms with Crippen molar-refractivity contribution in [2.75, 3.05) is 4.72 Å². The SMILES string of the molecule is CC(C)Oc1ccc2c(c1)C(c1ccnc(NS(=O)(=O)c3ccc(C4(C#N)CC4)cc3)c1)=NC2. The van der Waals surface area contributed by atoms with Gasteiger partial charge in [0, 0.05) is 17.3 Å². The number of anilines is 1. The second-order valence-corrected chi connectivity index (χ2v) is 10.6. The Hall–Kier alpha value is -3.70. The number of ether oxygens (including phenoxy) is 1. The molecule has 1 aromatic heterocycles. The average molecular weight is 473 g/mol. The molecular weight excluding hydrogens is 448 g/mol. The fourth-order valence-electron chi connectivity index (χ4n) is 4.13. The van der Waals surface area contributed by atoms with Crippen molar-refractivity contribution >= 4 is 21.6 Å². The van der Waals surface area contributed by atoms with Crippen molar-refractivity contribution in [3.05, 3.63) is 83.0 Å². The Bertz CT molecular complexity index is 1430. The predicted molar refractivity (Wildman–Crippen MR) is 130 cm³/mol. The summed E-state index contributed by atoms with van der Waals surface area (Å²) in [6.07, 6.45) is 3.24. The third-order valence-electron chi connectivity index (χ3n) is 6.07. The van der Waals surface area contributed by atoms with Crippen LogP contribution in [0.2, 0.25) is 0 Å². The molecule has 1 N–H and O–H groups in total. The molecule has 7 nitrogen and oxygen atoms in total. The van der Waals surface area contributed by atoms with E-state index in [9.17, 15) is 13.7 Å². The zero-order chi connectivity index (χ0) is 23.9. The van der Waals surface area contributed by atoms with E-state index in [-0.39, 0.29) is 16.8 Å². The smallest absolute Gasteiger partial charge is 0.263 e. The number of rotatable bonds is 7. The quantitative estimate of drug-likeness (QED) is 0.542. The van der Waals surface area contributed by atoms with Crippen molar-refractivity contribution in [3.63, 3.8) is 0 Å². The molecule has 0 bridgehead atoms. The first-order valence-electron chi connectivity index (χ1n) is 11.2. The van der Waals surface area contributed by atoms with Crippen LogP contribution in [0.5, 0.6) is 5.75 Å². The molecule has 1 aliphatic heterocycles. The molecule has 1 aliphatic carbocycles. The van der Waals surface area contributed by atoms with E-state index in [1.807, 2.05) is 38.1 Å². The van der Waals surface area contributed by atoms with Crippen molar-refractivity contribution in [1.29, 1.82) is 5.26 Å². The summed E-state index contributed by atoms with van der Waals surface area (Å²) >= 11 is 0. The zero-order valence-corrected chi connectivity index (χ0v) is 19.8. The highest BCUT2D eigenvalue weighted by molar-refractivity contribution is 7.92. The maximum absolute atomic E-state index is 13.0. The van der Waals surface area contributed by atoms with E-state index in [1.165, 1.54) is 12.1 Å². The van der Waals surface area contributed by atoms with E-state index in [2.05, 4.69) is 20.8 Å². The van der Waals surface area contributed by atoms with Crippen molar-refractivity contribution in [2.24, 2.45) is 4.99 Å². The highest BCUT2D eigenvalue weighted by Gasteiger charge is 2.44. The molecule has 3 aromatic rings. The number of aromatic nitrogens is 1. The van der Waals surface area contributed by atoms with Gasteiger partial charge in [0.05, 0.1) is 34.7 Å². The van der Waals surface area contributed by atoms with Crippen LogP contribution in [0, 0.1) is 11.3 Å². The van der Waals surface area contributed by atoms with E-state index >= 15 is 0 Å². The molecule has 2 aromatic carbocycles. The van der Waals surface area contributed by atoms with Gasteiger partial charge in [0.2, 0.25) is 0 Å². The summed E-state index contributed by atoms with van der Waals surface area (Å²) in [6.45, 7) is 4.52. The molecule has 0 saturated heterocycles. The number of fused-ring (bicyclic) bond motifs is 1. The monoisotopic (exact) mass is 472 g/mol. The van der Waals surface area contributed by atoms with Crippen LogP contribution in [0.15, 0.2) is 70.7 Å². The predicted octanol–water partition coefficient (Wildman–Crippen LogP) is 4.58. The minimum Gasteiger partial charge on any atom is -0.491 e. The largest absolute Gasteiger partial charge is 0.491 e. The van der Waals surface area contributed by atoms with Gasteiger partial charge in [-0.2, -0.15) is 5.26 Å². The lowest BCUT2D eigenvalue weighted by Gasteiger charge is -2.13. The second kappa shape index (κ2) is 8.26. The highest BCUT2D eigenvalue weighted by Crippen LogP contribution is 2.47. The number of benzene rings is 2. The van der Waals surface area contributed by atoms with Gasteiger partial charge in [-0.3, -0.25) is 9.71 Å². The summed E-state index contributed by atoms with van der Waals surface area (Å²) in [5.74, 6) is 0.981. The molecule has 0 amide bonds. The van der Waals surface area contributed by atoms with Gasteiger partial charge in [-0.25, -0.2) is 13.4 Å². The van der Waals surface area contributed by atoms with Gasteiger partial charge in [0.1, 0.15) is 11.6 Å². The number of aliphatic imine (C=N–C) groups is 1. The fourth-order valence-corrected chi connectivity index (χ4v) is 5.13. The first-order chi connectivity index (χ1) is 16.3. The number of hydrogen-bond donors (Lipinski definition) is 1. The van der Waals surface area contributed by atoms with Gasteiger partial charge in [-0.05, 0) is 74.2 Å². The Morgan fingerprint density at radius 3 is 2.53 bits per heavy atom. The molecule has 8 heteroatoms. The normalized spacial score (nSPS) is 15.9. The van der Waals surface area contributed by atoms with Crippen LogP contribution in [-0.2, 0) is 22.0 Å². The average Bonchev–Trinajstić information content (AvgIpc) is 3.51. The highest BCUT2D eigenvalue weighted by atomic mass is 32.2. The van der Waals surface area contributed by atoms with Crippen LogP contribution in [0.3, 0.4) is 0 Å². The number of nitrogens with one attached hydrogen (secondary N) is 1. The third kappa shape index (κ3) is 4.15. The van der Waals surface area contributed by atoms with Gasteiger partial charge in [-0.15, -0.1) is 0 Å². The standard InChI is InChI=1S/C26H24N4O3S/c1-17(2)33-21-6-3-19-15-29-25(23(19)14-21)18-9-12-28-24(13-18)30-34(31,32)22-7-4-20(5-8-22)26(16-27)10-11-26/h3-9,12-14,17H,10-11,15H2,1-2H3,(H,28,30). The third-order valence-corrected chi connectivity index (χ3v) is 7.44. The van der Waals surface area contributed by atoms with Gasteiger partial charge in [-0.1, -0.05) is 18.2 Å². The van der Waals surface area contributed by atoms with Crippen LogP contribution in [0.1, 0.15) is 48.9 Å². The zero-order valence-electron chi connectivity index (χ0n) is 18.9. The molecule has 0 unspecified atom stereocenters. The molecule has 34 heavy (non-hydrogen) atoms. The van der Waals surface area contributed by atoms with Crippen LogP contribution in [0.25, 0.3) is 0 Å². The molecule has 2 heterocycles. The summed E-state index contributed by atoms with van der Waals surface area (Å²) in [5.41, 5.74) is 4.02. The summed E-state index contributed by atoms with van der Waals surface area (Å²) in [7, 11) is -3.84. The number of sulfonamides is 1. The molecule has 0 radical (unpaired) electrons. The van der Waals surface area contributed by atoms with Gasteiger partial charge in [0.25, 0.3) is 10.0 Å². The van der Waals surface area contributed by atoms with E-state index in [4.69, 9.17) is 4.74 Å². The molecule has 5 rings (SSSR count). The summed E-state index contributed by atoms with van der Waals surface area (Å²) in [6, 6.07) is 18.3. The fraction of sp³-hybridized carbons (Fsp3) is 0.269. The number of hydrogen-bond acceptors (Lipinski definition) is 6. The van der Waals surface area contributed by atoms with Crippen LogP contribution in [-0.4, -0.2) is 25.2 Å². The van der Waals surface area contributed by atoms with E-state index in [1.54, 1.807) is 24.4 Å². The molecule has 1 saturated carbocycles. The van der Waals surface area contributed by atoms with E-state index < -0.39 is 15.4 Å². The maximum atomic E-state index is 13.0. The van der Waals surface area contributed by atoms with Crippen molar-refractivity contribution < 1.29 is 13.2 Å². The lowest BCUT2D eigenvalue weighted by molar-refractivity contribution is 0.242. The van der Waals surface area contributed by atoms with Crippen molar-refractivity contribution in [3.8, 4) is 11.8 Å². The summed E-state index contributed by atoms with van der Waals surface area (Å²) < 4.78 is 34.3. The summed E-state index contributed by atoms with van der Waals surface area (Å²) in [4.78, 5) is 8.99. The Kier molecular flexibility index (Phi) is 5.37. The van der Waals surface area contributed by atoms with Gasteiger partial charge in [0.15, 0.2) is 0 Å². The lowest BCUT2D eigenvalue weighted by Crippen LogP contribution is -2.15. The minimum absolute atomic E-state index is 0.0607. The summed E-state index contributed by atoms with van der Waals surface area (Å²) in [5, 5.41) is 9.36. The van der Waals surface area contributed by atoms with E-state index in [0.29, 0.717) is 6.54 Å². The van der Waals surface area contributed by atoms with Gasteiger partial charge < -0.3 is 4.74 Å². The minimum atomic E-state index is -3.84. The Morgan fingerprint density at radius 1 is 1.09 bits per heavy atom. The second-order valence-electron chi connectivity index (χ2n) is 8.90. The van der Waals surface area contributed by atoms with Crippen LogP contribution in [0.4, 0.5) is 5.82 Å². The lowest BCUT2D eigenvalue weighted by atomic mass is 9.98. The molecule has 172 valence electrons. The van der Waals surface area contributed by atoms with Crippen molar-refractivity contribution in [1.82, 2.24) is 4.98 Å². The van der Waals surface area contributed by atoms with Crippen LogP contribution >= 0.6 is 0 Å². The number of pyridine rings is 1. The van der Waals surface area contributed by atoms with E-state index in [0.717, 1.165) is 46.6 Å². The first-order valence-corrected chi connectivity index (χ1v) is 12.6. The molecular formula is C26H24N4O3S. The number of nitriles is 1. The topological polar surface area (TPSA) is 104 Å². The van der Waals surface area contributed by atoms with Crippen LogP contribution < -0.4 is 9.46 Å². The Morgan fingerprint density at radius 2 is 1.85 bits per heavy atom. The number of nitrogens with zero attached hydrogens (tertiary/aromatic N) is 3. The Balaban J connectivity index is 1.38. The molecule has 2 aliphatic rings. The molecule has 0 atom stereocenters.